The zero-order chi connectivity index (χ0) is 16.3. The Morgan fingerprint density at radius 1 is 1.13 bits per heavy atom. The second kappa shape index (κ2) is 6.19. The summed E-state index contributed by atoms with van der Waals surface area (Å²) in [5, 5.41) is 16.2. The first kappa shape index (κ1) is 15.2. The molecule has 1 unspecified atom stereocenters. The van der Waals surface area contributed by atoms with E-state index >= 15 is 0 Å². The summed E-state index contributed by atoms with van der Waals surface area (Å²) in [7, 11) is -3.58. The summed E-state index contributed by atoms with van der Waals surface area (Å²) in [6, 6.07) is 11.3. The molecule has 8 heteroatoms. The highest BCUT2D eigenvalue weighted by Gasteiger charge is 2.18. The molecule has 3 aromatic rings. The quantitative estimate of drug-likeness (QED) is 0.659. The van der Waals surface area contributed by atoms with Gasteiger partial charge in [0.2, 0.25) is 9.84 Å². The lowest BCUT2D eigenvalue weighted by molar-refractivity contribution is 0.219. The van der Waals surface area contributed by atoms with Gasteiger partial charge in [0, 0.05) is 5.69 Å². The molecule has 2 aromatic heterocycles. The number of H-pyrrole nitrogens is 2. The number of aliphatic hydroxyl groups excluding tert-OH is 1. The van der Waals surface area contributed by atoms with Gasteiger partial charge < -0.3 is 10.1 Å². The number of benzene rings is 1. The molecule has 1 aromatic carbocycles. The largest absolute Gasteiger partial charge is 0.381 e. The van der Waals surface area contributed by atoms with Crippen LogP contribution in [0.1, 0.15) is 17.6 Å². The Balaban J connectivity index is 1.81. The fraction of sp³-hybridized carbons (Fsp3) is 0.0667. The van der Waals surface area contributed by atoms with Crippen molar-refractivity contribution in [3.05, 3.63) is 66.4 Å². The molecule has 0 saturated heterocycles. The molecule has 2 heterocycles. The fourth-order valence-electron chi connectivity index (χ4n) is 2.01. The van der Waals surface area contributed by atoms with Crippen LogP contribution in [0.15, 0.2) is 64.8 Å². The first-order chi connectivity index (χ1) is 11.1. The molecule has 23 heavy (non-hydrogen) atoms. The molecule has 0 spiro atoms. The molecule has 0 aliphatic carbocycles. The highest BCUT2D eigenvalue weighted by molar-refractivity contribution is 7.91. The van der Waals surface area contributed by atoms with Gasteiger partial charge in [-0.15, -0.1) is 0 Å². The summed E-state index contributed by atoms with van der Waals surface area (Å²) in [4.78, 5) is 6.88. The first-order valence-electron chi connectivity index (χ1n) is 6.78. The predicted molar refractivity (Wildman–Crippen MR) is 83.1 cm³/mol. The van der Waals surface area contributed by atoms with E-state index in [0.29, 0.717) is 5.69 Å². The summed E-state index contributed by atoms with van der Waals surface area (Å²) < 4.78 is 24.9. The highest BCUT2D eigenvalue weighted by Crippen LogP contribution is 2.20. The van der Waals surface area contributed by atoms with Gasteiger partial charge in [0.1, 0.15) is 17.5 Å². The number of sulfone groups is 1. The Hall–Kier alpha value is -2.71. The minimum Gasteiger partial charge on any atom is -0.381 e. The minimum absolute atomic E-state index is 0.0933. The topological polar surface area (TPSA) is 112 Å². The van der Waals surface area contributed by atoms with Gasteiger partial charge in [-0.1, -0.05) is 18.2 Å². The Kier molecular flexibility index (Phi) is 4.09. The summed E-state index contributed by atoms with van der Waals surface area (Å²) in [5.41, 5.74) is 0.550. The number of nitrogens with zero attached hydrogens (tertiary/aromatic N) is 2. The van der Waals surface area contributed by atoms with Crippen LogP contribution in [-0.2, 0) is 9.84 Å². The maximum Gasteiger partial charge on any atom is 0.221 e. The van der Waals surface area contributed by atoms with Gasteiger partial charge in [0.05, 0.1) is 4.90 Å². The van der Waals surface area contributed by atoms with Crippen LogP contribution in [0.25, 0.3) is 6.08 Å². The molecule has 3 N–H and O–H groups in total. The molecule has 1 atom stereocenters. The summed E-state index contributed by atoms with van der Waals surface area (Å²) in [6.07, 6.45) is 3.43. The Morgan fingerprint density at radius 2 is 1.91 bits per heavy atom. The lowest BCUT2D eigenvalue weighted by atomic mass is 10.3. The zero-order valence-electron chi connectivity index (χ0n) is 11.9. The molecule has 0 aliphatic heterocycles. The molecule has 0 amide bonds. The second-order valence-corrected chi connectivity index (χ2v) is 6.67. The molecule has 0 aliphatic rings. The minimum atomic E-state index is -3.58. The number of aromatic amines is 2. The van der Waals surface area contributed by atoms with Crippen molar-refractivity contribution in [1.29, 1.82) is 0 Å². The third-order valence-corrected chi connectivity index (χ3v) is 4.89. The monoisotopic (exact) mass is 330 g/mol. The molecule has 118 valence electrons. The van der Waals surface area contributed by atoms with Crippen LogP contribution in [0, 0.1) is 0 Å². The maximum atomic E-state index is 12.4. The van der Waals surface area contributed by atoms with Crippen LogP contribution >= 0.6 is 0 Å². The first-order valence-corrected chi connectivity index (χ1v) is 8.27. The molecular weight excluding hydrogens is 316 g/mol. The van der Waals surface area contributed by atoms with E-state index in [9.17, 15) is 13.5 Å². The molecule has 3 rings (SSSR count). The van der Waals surface area contributed by atoms with E-state index in [1.165, 1.54) is 18.5 Å². The molecule has 0 saturated carbocycles. The van der Waals surface area contributed by atoms with E-state index in [-0.39, 0.29) is 15.7 Å². The van der Waals surface area contributed by atoms with Crippen LogP contribution in [-0.4, -0.2) is 33.7 Å². The fourth-order valence-corrected chi connectivity index (χ4v) is 3.28. The number of aromatic nitrogens is 4. The van der Waals surface area contributed by atoms with E-state index in [2.05, 4.69) is 20.2 Å². The van der Waals surface area contributed by atoms with Crippen molar-refractivity contribution in [3.8, 4) is 0 Å². The van der Waals surface area contributed by atoms with Crippen LogP contribution in [0.5, 0.6) is 0 Å². The molecule has 0 fully saturated rings. The molecule has 0 radical (unpaired) electrons. The van der Waals surface area contributed by atoms with Gasteiger partial charge in [0.15, 0.2) is 5.82 Å². The van der Waals surface area contributed by atoms with Gasteiger partial charge in [0.25, 0.3) is 0 Å². The van der Waals surface area contributed by atoms with Gasteiger partial charge in [-0.25, -0.2) is 13.4 Å². The van der Waals surface area contributed by atoms with E-state index in [0.717, 1.165) is 0 Å². The van der Waals surface area contributed by atoms with E-state index in [4.69, 9.17) is 0 Å². The second-order valence-electron chi connectivity index (χ2n) is 4.76. The van der Waals surface area contributed by atoms with Crippen LogP contribution in [0.2, 0.25) is 0 Å². The lowest BCUT2D eigenvalue weighted by Crippen LogP contribution is -2.02. The third kappa shape index (κ3) is 3.22. The Labute approximate surface area is 132 Å². The van der Waals surface area contributed by atoms with Crippen molar-refractivity contribution < 1.29 is 13.5 Å². The average molecular weight is 330 g/mol. The van der Waals surface area contributed by atoms with Gasteiger partial charge in [-0.3, -0.25) is 5.10 Å². The van der Waals surface area contributed by atoms with Crippen LogP contribution < -0.4 is 0 Å². The van der Waals surface area contributed by atoms with Crippen molar-refractivity contribution in [2.75, 3.05) is 0 Å². The predicted octanol–water partition coefficient (Wildman–Crippen LogP) is 1.71. The highest BCUT2D eigenvalue weighted by atomic mass is 32.2. The Bertz CT molecular complexity index is 899. The van der Waals surface area contributed by atoms with Crippen molar-refractivity contribution in [3.63, 3.8) is 0 Å². The van der Waals surface area contributed by atoms with E-state index in [1.54, 1.807) is 42.5 Å². The van der Waals surface area contributed by atoms with Crippen LogP contribution in [0.4, 0.5) is 0 Å². The summed E-state index contributed by atoms with van der Waals surface area (Å²) in [5.74, 6) is 0.241. The van der Waals surface area contributed by atoms with Crippen LogP contribution in [0.3, 0.4) is 0 Å². The van der Waals surface area contributed by atoms with Crippen molar-refractivity contribution in [2.24, 2.45) is 0 Å². The van der Waals surface area contributed by atoms with Gasteiger partial charge in [-0.2, -0.15) is 5.10 Å². The average Bonchev–Trinajstić information content (AvgIpc) is 3.25. The van der Waals surface area contributed by atoms with E-state index in [1.807, 2.05) is 0 Å². The zero-order valence-corrected chi connectivity index (χ0v) is 12.7. The van der Waals surface area contributed by atoms with Gasteiger partial charge >= 0.3 is 0 Å². The molecule has 0 bridgehead atoms. The number of hydrogen-bond donors (Lipinski definition) is 3. The van der Waals surface area contributed by atoms with E-state index < -0.39 is 15.9 Å². The lowest BCUT2D eigenvalue weighted by Gasteiger charge is -2.01. The van der Waals surface area contributed by atoms with Crippen molar-refractivity contribution in [1.82, 2.24) is 20.2 Å². The smallest absolute Gasteiger partial charge is 0.221 e. The SMILES string of the molecule is O=S(=O)(c1ccccc1)c1ccc(C=CC(O)c2nc[nH]n2)[nH]1. The molecular formula is C15H14N4O3S. The van der Waals surface area contributed by atoms with Crippen molar-refractivity contribution in [2.45, 2.75) is 16.0 Å². The summed E-state index contributed by atoms with van der Waals surface area (Å²) >= 11 is 0. The maximum absolute atomic E-state index is 12.4. The molecule has 7 nitrogen and oxygen atoms in total. The third-order valence-electron chi connectivity index (χ3n) is 3.18. The normalized spacial score (nSPS) is 13.4. The number of hydrogen-bond acceptors (Lipinski definition) is 5. The number of aliphatic hydroxyl groups is 1. The Morgan fingerprint density at radius 3 is 2.61 bits per heavy atom. The summed E-state index contributed by atoms with van der Waals surface area (Å²) in [6.45, 7) is 0. The standard InChI is InChI=1S/C15H14N4O3S/c20-13(15-16-10-17-19-15)8-6-11-7-9-14(18-11)23(21,22)12-4-2-1-3-5-12/h1-10,13,18,20H,(H,16,17,19). The number of nitrogens with one attached hydrogen (secondary N) is 2. The van der Waals surface area contributed by atoms with Crippen molar-refractivity contribution >= 4 is 15.9 Å². The van der Waals surface area contributed by atoms with Gasteiger partial charge in [-0.05, 0) is 36.4 Å². The number of rotatable bonds is 5.